The van der Waals surface area contributed by atoms with Crippen LogP contribution in [-0.4, -0.2) is 143 Å². The first-order valence-corrected chi connectivity index (χ1v) is 42.7. The molecular formula is C96H109NO18S. The number of benzene rings is 9. The van der Waals surface area contributed by atoms with Gasteiger partial charge in [-0.25, -0.2) is 0 Å². The highest BCUT2D eigenvalue weighted by Crippen LogP contribution is 2.46. The second-order valence-corrected chi connectivity index (χ2v) is 32.2. The summed E-state index contributed by atoms with van der Waals surface area (Å²) in [5.74, 6) is -3.30. The normalized spacial score (nSPS) is 23.8. The zero-order valence-corrected chi connectivity index (χ0v) is 67.4. The van der Waals surface area contributed by atoms with E-state index in [0.717, 1.165) is 101 Å². The number of nitrogens with zero attached hydrogens (tertiary/aromatic N) is 1. The molecule has 13 rings (SSSR count). The summed E-state index contributed by atoms with van der Waals surface area (Å²) in [6, 6.07) is 81.3. The van der Waals surface area contributed by atoms with Crippen molar-refractivity contribution in [3.05, 3.63) is 316 Å². The second kappa shape index (κ2) is 43.5. The van der Waals surface area contributed by atoms with Crippen molar-refractivity contribution in [3.8, 4) is 5.75 Å². The summed E-state index contributed by atoms with van der Waals surface area (Å²) >= 11 is 0. The summed E-state index contributed by atoms with van der Waals surface area (Å²) in [7, 11) is -2.95. The van der Waals surface area contributed by atoms with Gasteiger partial charge >= 0.3 is 0 Å². The molecule has 9 aromatic carbocycles. The summed E-state index contributed by atoms with van der Waals surface area (Å²) < 4.78 is 120. The number of hydrogen-bond acceptors (Lipinski definition) is 18. The van der Waals surface area contributed by atoms with Gasteiger partial charge in [-0.15, -0.1) is 0 Å². The van der Waals surface area contributed by atoms with Crippen LogP contribution in [0.25, 0.3) is 0 Å². The van der Waals surface area contributed by atoms with E-state index < -0.39 is 119 Å². The van der Waals surface area contributed by atoms with E-state index in [2.05, 4.69) is 0 Å². The molecule has 0 aromatic heterocycles. The molecule has 3 fully saturated rings. The molecule has 0 radical (unpaired) electrons. The van der Waals surface area contributed by atoms with Crippen LogP contribution in [-0.2, 0) is 124 Å². The van der Waals surface area contributed by atoms with Gasteiger partial charge in [0.15, 0.2) is 5.78 Å². The molecule has 2 amide bonds. The number of ketones is 1. The smallest absolute Gasteiger partial charge is 0.264 e. The molecule has 15 atom stereocenters. The molecule has 116 heavy (non-hydrogen) atoms. The van der Waals surface area contributed by atoms with E-state index in [1.165, 1.54) is 4.90 Å². The van der Waals surface area contributed by atoms with Gasteiger partial charge in [-0.1, -0.05) is 282 Å². The predicted molar refractivity (Wildman–Crippen MR) is 440 cm³/mol. The lowest BCUT2D eigenvalue weighted by molar-refractivity contribution is -0.284. The fraction of sp³-hybridized carbons (Fsp3) is 0.406. The van der Waals surface area contributed by atoms with Crippen LogP contribution >= 0.6 is 0 Å². The van der Waals surface area contributed by atoms with E-state index >= 15 is 14.4 Å². The van der Waals surface area contributed by atoms with E-state index in [1.54, 1.807) is 31.4 Å². The molecule has 9 aromatic rings. The Labute approximate surface area is 683 Å². The largest absolute Gasteiger partial charge is 0.497 e. The summed E-state index contributed by atoms with van der Waals surface area (Å²) in [5, 5.41) is 0. The number of hydrogen-bond donors (Lipinski definition) is 0. The number of imide groups is 1. The van der Waals surface area contributed by atoms with Gasteiger partial charge in [-0.3, -0.25) is 23.5 Å². The van der Waals surface area contributed by atoms with E-state index in [0.29, 0.717) is 26.1 Å². The molecule has 4 heterocycles. The van der Waals surface area contributed by atoms with Crippen molar-refractivity contribution in [2.45, 2.75) is 203 Å². The number of carbonyl (C=O) groups is 3. The van der Waals surface area contributed by atoms with Crippen LogP contribution < -0.4 is 4.74 Å². The maximum absolute atomic E-state index is 17.3. The molecule has 20 heteroatoms. The van der Waals surface area contributed by atoms with E-state index in [1.807, 2.05) is 244 Å². The van der Waals surface area contributed by atoms with Crippen molar-refractivity contribution in [1.82, 2.24) is 4.90 Å². The topological polar surface area (TPSA) is 209 Å². The standard InChI is InChI=1S/C96H109NO18S/c1-68-88(107-61-71-39-21-12-22-40-71)92(110-64-74-45-27-15-28-46-74)93(111-65-75-47-29-16-30-48-75)94(112-68)91(115-116(3,101)102)85-82(114-84(67-106-60-70-37-19-11-20-38-70)90(87(85)98)109-63-73-43-25-14-26-44-73)57-80-83(66-105-59-69-35-17-10-18-36-69)113-81(51-31-8-6-4-5-7-9-34-56-104-58-76-52-54-77(103-2)55-53-76)86(89(80)108-62-72-41-23-13-24-42-72)97-95(99)78-49-32-33-50-79(78)96(97)100/h10-30,32-33,35-50,52-55,68,80-86,88-94H,4-9,31,34,51,56-67H2,1-3H3/t68-,80+,81-,82-,83+,84+,85-,86-,88+,89-,90-,91?,92+,93-,94-/m0/s1. The highest BCUT2D eigenvalue weighted by atomic mass is 32.2. The Hall–Kier alpha value is -8.94. The molecular weight excluding hydrogens is 1490 g/mol. The SMILES string of the molecule is COc1ccc(COCCCCCCCCCC[C@@H]2O[C@H](COCc3ccccc3)[C@@H](C[C@@H]3O[C@H](COCc4ccccc4)[C@H](OCc4ccccc4)C(=O)[C@H]3C(OS(C)(=O)=O)[C@@H]3O[C@@H](C)[C@@H](OCc4ccccc4)[C@@H](OCc4ccccc4)[C@@H]3OCc3ccccc3)[C@H](OCc3ccccc3)[C@H]2N2C(=O)c3ccccc3C2=O)cc1. The van der Waals surface area contributed by atoms with Gasteiger partial charge in [0.05, 0.1) is 133 Å². The van der Waals surface area contributed by atoms with Crippen LogP contribution in [0.4, 0.5) is 0 Å². The lowest BCUT2D eigenvalue weighted by Crippen LogP contribution is -2.68. The average Bonchev–Trinajstić information content (AvgIpc) is 1.35. The third-order valence-electron chi connectivity index (χ3n) is 22.2. The Morgan fingerprint density at radius 3 is 1.25 bits per heavy atom. The molecule has 0 bridgehead atoms. The quantitative estimate of drug-likeness (QED) is 0.0197. The first-order valence-electron chi connectivity index (χ1n) is 40.9. The van der Waals surface area contributed by atoms with Crippen molar-refractivity contribution in [1.29, 1.82) is 0 Å². The summed E-state index contributed by atoms with van der Waals surface area (Å²) in [5.41, 5.74) is 7.45. The van der Waals surface area contributed by atoms with Gasteiger partial charge in [-0.2, -0.15) is 8.42 Å². The third-order valence-corrected chi connectivity index (χ3v) is 22.8. The maximum atomic E-state index is 17.3. The fourth-order valence-corrected chi connectivity index (χ4v) is 17.0. The molecule has 0 spiro atoms. The van der Waals surface area contributed by atoms with Gasteiger partial charge in [0.2, 0.25) is 0 Å². The van der Waals surface area contributed by atoms with Crippen molar-refractivity contribution < 1.29 is 83.8 Å². The van der Waals surface area contributed by atoms with Gasteiger partial charge < -0.3 is 56.8 Å². The molecule has 19 nitrogen and oxygen atoms in total. The minimum atomic E-state index is -4.61. The van der Waals surface area contributed by atoms with Crippen LogP contribution in [0.1, 0.15) is 136 Å². The summed E-state index contributed by atoms with van der Waals surface area (Å²) in [6.07, 6.45) is -5.18. The lowest BCUT2D eigenvalue weighted by Gasteiger charge is -2.52. The zero-order valence-electron chi connectivity index (χ0n) is 66.5. The van der Waals surface area contributed by atoms with E-state index in [-0.39, 0.29) is 77.0 Å². The molecule has 4 aliphatic rings. The second-order valence-electron chi connectivity index (χ2n) is 30.6. The van der Waals surface area contributed by atoms with Crippen LogP contribution in [0.3, 0.4) is 0 Å². The molecule has 3 saturated heterocycles. The number of amides is 2. The monoisotopic (exact) mass is 1600 g/mol. The number of rotatable bonds is 44. The summed E-state index contributed by atoms with van der Waals surface area (Å²) in [4.78, 5) is 49.8. The molecule has 0 aliphatic carbocycles. The number of unbranched alkanes of at least 4 members (excludes halogenated alkanes) is 7. The maximum Gasteiger partial charge on any atom is 0.264 e. The molecule has 4 aliphatic heterocycles. The van der Waals surface area contributed by atoms with Crippen molar-refractivity contribution >= 4 is 27.7 Å². The number of fused-ring (bicyclic) bond motifs is 1. The molecule has 1 unspecified atom stereocenters. The van der Waals surface area contributed by atoms with Gasteiger partial charge in [0, 0.05) is 12.5 Å². The number of carbonyl (C=O) groups excluding carboxylic acids is 3. The van der Waals surface area contributed by atoms with Crippen molar-refractivity contribution in [2.75, 3.05) is 33.2 Å². The van der Waals surface area contributed by atoms with Gasteiger partial charge in [0.1, 0.15) is 48.5 Å². The lowest BCUT2D eigenvalue weighted by atomic mass is 9.73. The van der Waals surface area contributed by atoms with Crippen LogP contribution in [0, 0.1) is 11.8 Å². The highest BCUT2D eigenvalue weighted by molar-refractivity contribution is 7.86. The molecule has 0 saturated carbocycles. The third kappa shape index (κ3) is 23.7. The zero-order chi connectivity index (χ0) is 80.3. The first-order chi connectivity index (χ1) is 56.8. The number of Topliss-reactive ketones (excluding diaryl/α,β-unsaturated/α-hetero) is 1. The Balaban J connectivity index is 0.901. The number of methoxy groups -OCH3 is 1. The van der Waals surface area contributed by atoms with Gasteiger partial charge in [-0.05, 0) is 95.0 Å². The van der Waals surface area contributed by atoms with E-state index in [9.17, 15) is 8.42 Å². The number of ether oxygens (including phenoxy) is 12. The van der Waals surface area contributed by atoms with Crippen molar-refractivity contribution in [2.24, 2.45) is 11.8 Å². The minimum Gasteiger partial charge on any atom is -0.497 e. The van der Waals surface area contributed by atoms with Crippen LogP contribution in [0.5, 0.6) is 5.75 Å². The fourth-order valence-electron chi connectivity index (χ4n) is 16.4. The Morgan fingerprint density at radius 2 is 0.776 bits per heavy atom. The molecule has 0 N–H and O–H groups in total. The van der Waals surface area contributed by atoms with Crippen LogP contribution in [0.15, 0.2) is 261 Å². The average molecular weight is 1600 g/mol. The Morgan fingerprint density at radius 1 is 0.388 bits per heavy atom. The summed E-state index contributed by atoms with van der Waals surface area (Å²) in [6.45, 7) is 3.35. The van der Waals surface area contributed by atoms with E-state index in [4.69, 9.17) is 61.0 Å². The minimum absolute atomic E-state index is 0.0150. The predicted octanol–water partition coefficient (Wildman–Crippen LogP) is 16.6. The van der Waals surface area contributed by atoms with Gasteiger partial charge in [0.25, 0.3) is 21.9 Å². The molecule has 612 valence electrons. The highest BCUT2D eigenvalue weighted by Gasteiger charge is 2.61. The van der Waals surface area contributed by atoms with Crippen LogP contribution in [0.2, 0.25) is 0 Å². The first kappa shape index (κ1) is 85.0. The van der Waals surface area contributed by atoms with Crippen molar-refractivity contribution in [3.63, 3.8) is 0 Å². The Kier molecular flexibility index (Phi) is 31.9. The Bertz CT molecular complexity index is 4510.